The first-order valence-electron chi connectivity index (χ1n) is 7.42. The molecule has 7 nitrogen and oxygen atoms in total. The maximum Gasteiger partial charge on any atom is 0.235 e. The van der Waals surface area contributed by atoms with Gasteiger partial charge >= 0.3 is 0 Å². The summed E-state index contributed by atoms with van der Waals surface area (Å²) < 4.78 is 18.0. The smallest absolute Gasteiger partial charge is 0.235 e. The minimum absolute atomic E-state index is 0.139. The normalized spacial score (nSPS) is 11.8. The summed E-state index contributed by atoms with van der Waals surface area (Å²) in [5.41, 5.74) is 0.736. The largest absolute Gasteiger partial charge is 0.493 e. The van der Waals surface area contributed by atoms with Gasteiger partial charge in [0.05, 0.1) is 21.3 Å². The number of fused-ring (bicyclic) bond motifs is 1. The zero-order valence-corrected chi connectivity index (χ0v) is 15.4. The molecule has 0 fully saturated rings. The van der Waals surface area contributed by atoms with Crippen molar-refractivity contribution in [3.8, 4) is 27.8 Å². The van der Waals surface area contributed by atoms with Crippen molar-refractivity contribution >= 4 is 16.3 Å². The first-order valence-corrected chi connectivity index (χ1v) is 8.23. The van der Waals surface area contributed by atoms with Crippen molar-refractivity contribution in [3.05, 3.63) is 18.0 Å². The van der Waals surface area contributed by atoms with E-state index >= 15 is 0 Å². The summed E-state index contributed by atoms with van der Waals surface area (Å²) in [4.78, 5) is 0.753. The Kier molecular flexibility index (Phi) is 4.08. The minimum Gasteiger partial charge on any atom is -0.493 e. The fourth-order valence-corrected chi connectivity index (χ4v) is 3.23. The molecule has 0 saturated heterocycles. The molecular formula is C16H20N4O3S. The van der Waals surface area contributed by atoms with Crippen LogP contribution in [0.2, 0.25) is 0 Å². The van der Waals surface area contributed by atoms with Crippen molar-refractivity contribution in [1.29, 1.82) is 0 Å². The number of hydrogen-bond donors (Lipinski definition) is 0. The highest BCUT2D eigenvalue weighted by atomic mass is 32.1. The Morgan fingerprint density at radius 3 is 2.08 bits per heavy atom. The van der Waals surface area contributed by atoms with E-state index in [1.807, 2.05) is 12.1 Å². The number of rotatable bonds is 4. The number of aromatic nitrogens is 4. The highest BCUT2D eigenvalue weighted by molar-refractivity contribution is 7.19. The van der Waals surface area contributed by atoms with E-state index in [4.69, 9.17) is 14.2 Å². The molecule has 8 heteroatoms. The molecule has 3 aromatic rings. The van der Waals surface area contributed by atoms with Crippen molar-refractivity contribution in [2.45, 2.75) is 26.2 Å². The van der Waals surface area contributed by atoms with E-state index < -0.39 is 0 Å². The lowest BCUT2D eigenvalue weighted by atomic mass is 9.96. The molecule has 0 aliphatic carbocycles. The maximum absolute atomic E-state index is 5.41. The number of nitrogens with zero attached hydrogens (tertiary/aromatic N) is 4. The summed E-state index contributed by atoms with van der Waals surface area (Å²) in [6.45, 7) is 6.26. The lowest BCUT2D eigenvalue weighted by Crippen LogP contribution is -2.16. The monoisotopic (exact) mass is 348 g/mol. The van der Waals surface area contributed by atoms with Gasteiger partial charge in [0.25, 0.3) is 0 Å². The average Bonchev–Trinajstić information content (AvgIpc) is 3.12. The van der Waals surface area contributed by atoms with Gasteiger partial charge in [0.15, 0.2) is 17.3 Å². The van der Waals surface area contributed by atoms with E-state index in [2.05, 4.69) is 36.1 Å². The lowest BCUT2D eigenvalue weighted by molar-refractivity contribution is 0.324. The van der Waals surface area contributed by atoms with E-state index in [1.165, 1.54) is 11.3 Å². The molecule has 1 aromatic carbocycles. The predicted molar refractivity (Wildman–Crippen MR) is 92.5 cm³/mol. The number of ether oxygens (including phenoxy) is 3. The third-order valence-electron chi connectivity index (χ3n) is 3.57. The van der Waals surface area contributed by atoms with Crippen molar-refractivity contribution in [2.75, 3.05) is 21.3 Å². The fourth-order valence-electron chi connectivity index (χ4n) is 2.41. The van der Waals surface area contributed by atoms with E-state index in [9.17, 15) is 0 Å². The van der Waals surface area contributed by atoms with Crippen LogP contribution in [0.5, 0.6) is 17.2 Å². The lowest BCUT2D eigenvalue weighted by Gasteiger charge is -2.14. The van der Waals surface area contributed by atoms with Gasteiger partial charge in [-0.2, -0.15) is 9.61 Å². The summed E-state index contributed by atoms with van der Waals surface area (Å²) in [5.74, 6) is 2.57. The molecule has 0 atom stereocenters. The van der Waals surface area contributed by atoms with Gasteiger partial charge < -0.3 is 14.2 Å². The third-order valence-corrected chi connectivity index (χ3v) is 4.52. The van der Waals surface area contributed by atoms with Gasteiger partial charge in [0, 0.05) is 11.0 Å². The van der Waals surface area contributed by atoms with E-state index in [0.717, 1.165) is 21.4 Å². The molecule has 2 aromatic heterocycles. The van der Waals surface area contributed by atoms with Crippen LogP contribution in [0.25, 0.3) is 15.5 Å². The van der Waals surface area contributed by atoms with Gasteiger partial charge in [-0.1, -0.05) is 32.1 Å². The first-order chi connectivity index (χ1) is 11.4. The Morgan fingerprint density at radius 1 is 0.958 bits per heavy atom. The maximum atomic E-state index is 5.41. The molecule has 0 aliphatic rings. The van der Waals surface area contributed by atoms with Gasteiger partial charge in [-0.15, -0.1) is 10.2 Å². The van der Waals surface area contributed by atoms with Crippen molar-refractivity contribution in [2.24, 2.45) is 0 Å². The molecule has 0 bridgehead atoms. The molecule has 0 aliphatic heterocycles. The highest BCUT2D eigenvalue weighted by Gasteiger charge is 2.24. The second kappa shape index (κ2) is 5.94. The van der Waals surface area contributed by atoms with E-state index in [-0.39, 0.29) is 5.41 Å². The topological polar surface area (TPSA) is 70.8 Å². The summed E-state index contributed by atoms with van der Waals surface area (Å²) in [6, 6.07) is 3.76. The third kappa shape index (κ3) is 2.66. The first kappa shape index (κ1) is 16.5. The second-order valence-electron chi connectivity index (χ2n) is 6.29. The van der Waals surface area contributed by atoms with Crippen LogP contribution >= 0.6 is 11.3 Å². The molecule has 128 valence electrons. The number of methoxy groups -OCH3 is 3. The van der Waals surface area contributed by atoms with Crippen LogP contribution < -0.4 is 14.2 Å². The Bertz CT molecular complexity index is 854. The fraction of sp³-hybridized carbons (Fsp3) is 0.438. The summed E-state index contributed by atoms with van der Waals surface area (Å²) in [5, 5.41) is 14.0. The molecule has 0 radical (unpaired) electrons. The SMILES string of the molecule is COc1cc(-c2nn3c(C(C)(C)C)nnc3s2)cc(OC)c1OC. The number of hydrogen-bond acceptors (Lipinski definition) is 7. The van der Waals surface area contributed by atoms with Gasteiger partial charge in [-0.25, -0.2) is 0 Å². The van der Waals surface area contributed by atoms with Gasteiger partial charge in [0.1, 0.15) is 5.01 Å². The summed E-state index contributed by atoms with van der Waals surface area (Å²) in [7, 11) is 4.77. The van der Waals surface area contributed by atoms with Crippen LogP contribution in [0.15, 0.2) is 12.1 Å². The molecule has 2 heterocycles. The molecule has 0 spiro atoms. The predicted octanol–water partition coefficient (Wildman–Crippen LogP) is 3.18. The van der Waals surface area contributed by atoms with Gasteiger partial charge in [-0.05, 0) is 12.1 Å². The van der Waals surface area contributed by atoms with Crippen molar-refractivity contribution < 1.29 is 14.2 Å². The molecule has 0 amide bonds. The van der Waals surface area contributed by atoms with Gasteiger partial charge in [-0.3, -0.25) is 0 Å². The van der Waals surface area contributed by atoms with Gasteiger partial charge in [0.2, 0.25) is 10.7 Å². The van der Waals surface area contributed by atoms with Crippen LogP contribution in [-0.4, -0.2) is 41.1 Å². The Balaban J connectivity index is 2.15. The van der Waals surface area contributed by atoms with E-state index in [0.29, 0.717) is 17.2 Å². The highest BCUT2D eigenvalue weighted by Crippen LogP contribution is 2.42. The van der Waals surface area contributed by atoms with Crippen molar-refractivity contribution in [1.82, 2.24) is 19.8 Å². The van der Waals surface area contributed by atoms with E-state index in [1.54, 1.807) is 25.8 Å². The Labute approximate surface area is 144 Å². The molecule has 0 saturated carbocycles. The Morgan fingerprint density at radius 2 is 1.58 bits per heavy atom. The molecule has 0 unspecified atom stereocenters. The second-order valence-corrected chi connectivity index (χ2v) is 7.25. The van der Waals surface area contributed by atoms with Crippen LogP contribution in [0.1, 0.15) is 26.6 Å². The average molecular weight is 348 g/mol. The van der Waals surface area contributed by atoms with Crippen LogP contribution in [0.3, 0.4) is 0 Å². The van der Waals surface area contributed by atoms with Crippen LogP contribution in [-0.2, 0) is 5.41 Å². The zero-order chi connectivity index (χ0) is 17.5. The Hall–Kier alpha value is -2.35. The molecule has 0 N–H and O–H groups in total. The quantitative estimate of drug-likeness (QED) is 0.721. The number of benzene rings is 1. The van der Waals surface area contributed by atoms with Crippen LogP contribution in [0, 0.1) is 0 Å². The molecule has 24 heavy (non-hydrogen) atoms. The van der Waals surface area contributed by atoms with Crippen LogP contribution in [0.4, 0.5) is 0 Å². The molecule has 3 rings (SSSR count). The van der Waals surface area contributed by atoms with Crippen molar-refractivity contribution in [3.63, 3.8) is 0 Å². The molecular weight excluding hydrogens is 328 g/mol. The standard InChI is InChI=1S/C16H20N4O3S/c1-16(2,3)14-17-18-15-20(14)19-13(24-15)9-7-10(21-4)12(23-6)11(8-9)22-5/h7-8H,1-6H3. The minimum atomic E-state index is -0.139. The summed E-state index contributed by atoms with van der Waals surface area (Å²) >= 11 is 1.47. The summed E-state index contributed by atoms with van der Waals surface area (Å²) in [6.07, 6.45) is 0. The zero-order valence-electron chi connectivity index (χ0n) is 14.6.